The molecule has 3 N–H and O–H groups in total. The van der Waals surface area contributed by atoms with Gasteiger partial charge in [0, 0.05) is 16.8 Å². The summed E-state index contributed by atoms with van der Waals surface area (Å²) in [7, 11) is 0. The van der Waals surface area contributed by atoms with Crippen molar-refractivity contribution in [2.75, 3.05) is 5.32 Å². The first-order valence-electron chi connectivity index (χ1n) is 7.24. The molecule has 3 aromatic rings. The van der Waals surface area contributed by atoms with Crippen molar-refractivity contribution in [3.05, 3.63) is 40.0 Å². The minimum absolute atomic E-state index is 0.712. The number of benzene rings is 1. The van der Waals surface area contributed by atoms with Crippen LogP contribution in [0.2, 0.25) is 0 Å². The second kappa shape index (κ2) is 5.18. The average Bonchev–Trinajstić information content (AvgIpc) is 3.08. The van der Waals surface area contributed by atoms with E-state index in [9.17, 15) is 0 Å². The molecule has 0 amide bonds. The molecule has 1 aliphatic carbocycles. The van der Waals surface area contributed by atoms with E-state index in [1.165, 1.54) is 24.2 Å². The topological polar surface area (TPSA) is 69.4 Å². The first-order chi connectivity index (χ1) is 10.3. The van der Waals surface area contributed by atoms with Crippen molar-refractivity contribution in [2.45, 2.75) is 32.2 Å². The van der Waals surface area contributed by atoms with Gasteiger partial charge in [-0.3, -0.25) is 5.10 Å². The standard InChI is InChI=1S/C15H16BrN5/c16-15-10-6-5-9(7-13(10)20-21-15)17-8-14-18-11-3-1-2-4-12(11)19-14/h5-7,17H,1-4,8H2,(H,18,19)(H,20,21). The van der Waals surface area contributed by atoms with E-state index in [0.29, 0.717) is 6.54 Å². The van der Waals surface area contributed by atoms with Crippen LogP contribution in [0.25, 0.3) is 10.9 Å². The molecule has 0 saturated carbocycles. The minimum Gasteiger partial charge on any atom is -0.378 e. The van der Waals surface area contributed by atoms with E-state index >= 15 is 0 Å². The summed E-state index contributed by atoms with van der Waals surface area (Å²) in [4.78, 5) is 8.13. The number of nitrogens with zero attached hydrogens (tertiary/aromatic N) is 2. The maximum Gasteiger partial charge on any atom is 0.125 e. The van der Waals surface area contributed by atoms with Crippen molar-refractivity contribution >= 4 is 32.5 Å². The van der Waals surface area contributed by atoms with Gasteiger partial charge in [-0.2, -0.15) is 5.10 Å². The molecular weight excluding hydrogens is 330 g/mol. The van der Waals surface area contributed by atoms with Gasteiger partial charge in [-0.1, -0.05) is 0 Å². The van der Waals surface area contributed by atoms with Crippen LogP contribution in [0.4, 0.5) is 5.69 Å². The zero-order valence-corrected chi connectivity index (χ0v) is 13.1. The van der Waals surface area contributed by atoms with Gasteiger partial charge in [-0.25, -0.2) is 4.98 Å². The summed E-state index contributed by atoms with van der Waals surface area (Å²) in [5, 5.41) is 11.7. The molecule has 0 unspecified atom stereocenters. The fourth-order valence-electron chi connectivity index (χ4n) is 2.87. The van der Waals surface area contributed by atoms with Gasteiger partial charge in [0.25, 0.3) is 0 Å². The summed E-state index contributed by atoms with van der Waals surface area (Å²) >= 11 is 3.45. The molecule has 21 heavy (non-hydrogen) atoms. The van der Waals surface area contributed by atoms with Gasteiger partial charge >= 0.3 is 0 Å². The summed E-state index contributed by atoms with van der Waals surface area (Å²) in [5.74, 6) is 1.02. The van der Waals surface area contributed by atoms with Crippen LogP contribution in [0.5, 0.6) is 0 Å². The number of hydrogen-bond donors (Lipinski definition) is 3. The van der Waals surface area contributed by atoms with Crippen LogP contribution in [0.1, 0.15) is 30.1 Å². The Labute approximate surface area is 130 Å². The molecular formula is C15H16BrN5. The quantitative estimate of drug-likeness (QED) is 0.679. The molecule has 0 spiro atoms. The van der Waals surface area contributed by atoms with Crippen LogP contribution in [0, 0.1) is 0 Å². The van der Waals surface area contributed by atoms with Gasteiger partial charge in [0.15, 0.2) is 0 Å². The Morgan fingerprint density at radius 2 is 2.14 bits per heavy atom. The van der Waals surface area contributed by atoms with E-state index in [0.717, 1.165) is 39.9 Å². The maximum absolute atomic E-state index is 4.68. The van der Waals surface area contributed by atoms with Gasteiger partial charge < -0.3 is 10.3 Å². The number of halogens is 1. The Morgan fingerprint density at radius 3 is 3.05 bits per heavy atom. The molecule has 2 aromatic heterocycles. The number of aryl methyl sites for hydroxylation is 2. The molecule has 108 valence electrons. The van der Waals surface area contributed by atoms with Gasteiger partial charge in [0.1, 0.15) is 10.4 Å². The highest BCUT2D eigenvalue weighted by Gasteiger charge is 2.14. The monoisotopic (exact) mass is 345 g/mol. The Morgan fingerprint density at radius 1 is 1.24 bits per heavy atom. The summed E-state index contributed by atoms with van der Waals surface area (Å²) < 4.78 is 0.919. The fourth-order valence-corrected chi connectivity index (χ4v) is 3.30. The zero-order chi connectivity index (χ0) is 14.2. The maximum atomic E-state index is 4.68. The molecule has 0 bridgehead atoms. The number of aromatic nitrogens is 4. The molecule has 6 heteroatoms. The normalized spacial score (nSPS) is 14.3. The lowest BCUT2D eigenvalue weighted by molar-refractivity contribution is 0.667. The Bertz CT molecular complexity index is 765. The third-order valence-electron chi connectivity index (χ3n) is 3.97. The molecule has 0 radical (unpaired) electrons. The summed E-state index contributed by atoms with van der Waals surface area (Å²) in [6.45, 7) is 0.712. The molecule has 1 aromatic carbocycles. The lowest BCUT2D eigenvalue weighted by atomic mass is 10.0. The number of imidazole rings is 1. The molecule has 5 nitrogen and oxygen atoms in total. The lowest BCUT2D eigenvalue weighted by Gasteiger charge is -2.07. The Kier molecular flexibility index (Phi) is 3.18. The van der Waals surface area contributed by atoms with Crippen LogP contribution in [0.3, 0.4) is 0 Å². The highest BCUT2D eigenvalue weighted by atomic mass is 79.9. The van der Waals surface area contributed by atoms with Crippen molar-refractivity contribution in [3.63, 3.8) is 0 Å². The molecule has 0 fully saturated rings. The van der Waals surface area contributed by atoms with Gasteiger partial charge in [-0.05, 0) is 59.8 Å². The average molecular weight is 346 g/mol. The van der Waals surface area contributed by atoms with E-state index in [1.807, 2.05) is 6.07 Å². The largest absolute Gasteiger partial charge is 0.378 e. The molecule has 1 aliphatic rings. The molecule has 0 saturated heterocycles. The number of anilines is 1. The first-order valence-corrected chi connectivity index (χ1v) is 8.03. The number of fused-ring (bicyclic) bond motifs is 2. The molecule has 0 atom stereocenters. The van der Waals surface area contributed by atoms with E-state index in [4.69, 9.17) is 0 Å². The van der Waals surface area contributed by atoms with Gasteiger partial charge in [-0.15, -0.1) is 0 Å². The van der Waals surface area contributed by atoms with Gasteiger partial charge in [0.05, 0.1) is 17.8 Å². The SMILES string of the molecule is Brc1[nH]nc2cc(NCc3nc4c([nH]3)CCCC4)ccc12. The van der Waals surface area contributed by atoms with E-state index in [1.54, 1.807) is 0 Å². The zero-order valence-electron chi connectivity index (χ0n) is 11.5. The van der Waals surface area contributed by atoms with Crippen molar-refractivity contribution < 1.29 is 0 Å². The number of H-pyrrole nitrogens is 2. The summed E-state index contributed by atoms with van der Waals surface area (Å²) in [6, 6.07) is 6.16. The second-order valence-electron chi connectivity index (χ2n) is 5.44. The summed E-state index contributed by atoms with van der Waals surface area (Å²) in [6.07, 6.45) is 4.77. The second-order valence-corrected chi connectivity index (χ2v) is 6.23. The first kappa shape index (κ1) is 12.9. The number of aromatic amines is 2. The van der Waals surface area contributed by atoms with Crippen LogP contribution >= 0.6 is 15.9 Å². The fraction of sp³-hybridized carbons (Fsp3) is 0.333. The van der Waals surface area contributed by atoms with Crippen molar-refractivity contribution in [2.24, 2.45) is 0 Å². The lowest BCUT2D eigenvalue weighted by Crippen LogP contribution is -2.01. The van der Waals surface area contributed by atoms with Crippen molar-refractivity contribution in [1.29, 1.82) is 0 Å². The summed E-state index contributed by atoms with van der Waals surface area (Å²) in [5.41, 5.74) is 4.58. The third kappa shape index (κ3) is 2.44. The smallest absolute Gasteiger partial charge is 0.125 e. The van der Waals surface area contributed by atoms with Crippen LogP contribution in [-0.4, -0.2) is 20.2 Å². The number of rotatable bonds is 3. The molecule has 2 heterocycles. The highest BCUT2D eigenvalue weighted by Crippen LogP contribution is 2.24. The number of nitrogens with one attached hydrogen (secondary N) is 3. The van der Waals surface area contributed by atoms with E-state index < -0.39 is 0 Å². The van der Waals surface area contributed by atoms with E-state index in [2.05, 4.69) is 53.5 Å². The molecule has 0 aliphatic heterocycles. The minimum atomic E-state index is 0.712. The third-order valence-corrected chi connectivity index (χ3v) is 4.58. The van der Waals surface area contributed by atoms with Crippen molar-refractivity contribution in [3.8, 4) is 0 Å². The molecule has 4 rings (SSSR count). The van der Waals surface area contributed by atoms with Crippen LogP contribution in [0.15, 0.2) is 22.8 Å². The number of hydrogen-bond acceptors (Lipinski definition) is 3. The van der Waals surface area contributed by atoms with E-state index in [-0.39, 0.29) is 0 Å². The van der Waals surface area contributed by atoms with Gasteiger partial charge in [0.2, 0.25) is 0 Å². The Hall–Kier alpha value is -1.82. The predicted octanol–water partition coefficient (Wildman–Crippen LogP) is 3.54. The highest BCUT2D eigenvalue weighted by molar-refractivity contribution is 9.10. The van der Waals surface area contributed by atoms with Crippen LogP contribution < -0.4 is 5.32 Å². The van der Waals surface area contributed by atoms with Crippen LogP contribution in [-0.2, 0) is 19.4 Å². The predicted molar refractivity (Wildman–Crippen MR) is 86.4 cm³/mol. The Balaban J connectivity index is 1.51. The van der Waals surface area contributed by atoms with Crippen molar-refractivity contribution in [1.82, 2.24) is 20.2 Å².